The predicted octanol–water partition coefficient (Wildman–Crippen LogP) is 3.27. The Kier molecular flexibility index (Phi) is 4.97. The summed E-state index contributed by atoms with van der Waals surface area (Å²) in [4.78, 5) is 18.8. The van der Waals surface area contributed by atoms with Crippen LogP contribution in [-0.4, -0.2) is 41.7 Å². The number of hydrogen-bond donors (Lipinski definition) is 0. The number of rotatable bonds is 6. The van der Waals surface area contributed by atoms with Crippen LogP contribution in [0.4, 0.5) is 0 Å². The lowest BCUT2D eigenvalue weighted by Crippen LogP contribution is -2.24. The number of amides is 1. The van der Waals surface area contributed by atoms with E-state index in [0.717, 1.165) is 16.9 Å². The quantitative estimate of drug-likeness (QED) is 0.654. The Labute approximate surface area is 162 Å². The zero-order chi connectivity index (χ0) is 19.5. The van der Waals surface area contributed by atoms with E-state index in [9.17, 15) is 4.79 Å². The highest BCUT2D eigenvalue weighted by atomic mass is 16.5. The van der Waals surface area contributed by atoms with Gasteiger partial charge in [-0.3, -0.25) is 4.79 Å². The van der Waals surface area contributed by atoms with Crippen LogP contribution in [-0.2, 0) is 11.3 Å². The van der Waals surface area contributed by atoms with Crippen molar-refractivity contribution in [3.05, 3.63) is 59.9 Å². The highest BCUT2D eigenvalue weighted by Gasteiger charge is 2.34. The van der Waals surface area contributed by atoms with E-state index in [1.807, 2.05) is 53.4 Å². The van der Waals surface area contributed by atoms with Crippen molar-refractivity contribution in [2.45, 2.75) is 18.9 Å². The number of methoxy groups -OCH3 is 2. The Morgan fingerprint density at radius 3 is 2.64 bits per heavy atom. The van der Waals surface area contributed by atoms with E-state index >= 15 is 0 Å². The van der Waals surface area contributed by atoms with Crippen molar-refractivity contribution in [2.75, 3.05) is 20.8 Å². The average molecular weight is 379 g/mol. The van der Waals surface area contributed by atoms with Crippen molar-refractivity contribution in [3.8, 4) is 23.0 Å². The number of benzene rings is 2. The summed E-state index contributed by atoms with van der Waals surface area (Å²) in [7, 11) is 3.23. The van der Waals surface area contributed by atoms with Crippen LogP contribution in [0.25, 0.3) is 11.5 Å². The third kappa shape index (κ3) is 3.55. The Morgan fingerprint density at radius 2 is 1.89 bits per heavy atom. The van der Waals surface area contributed by atoms with E-state index in [2.05, 4.69) is 10.1 Å². The van der Waals surface area contributed by atoms with Gasteiger partial charge < -0.3 is 18.9 Å². The Bertz CT molecular complexity index is 968. The number of likely N-dealkylation sites (tertiary alicyclic amines) is 1. The third-order valence-electron chi connectivity index (χ3n) is 4.89. The molecule has 1 saturated heterocycles. The minimum Gasteiger partial charge on any atom is -0.497 e. The molecule has 1 aliphatic rings. The van der Waals surface area contributed by atoms with Crippen molar-refractivity contribution in [2.24, 2.45) is 0 Å². The van der Waals surface area contributed by atoms with Gasteiger partial charge in [0, 0.05) is 25.4 Å². The summed E-state index contributed by atoms with van der Waals surface area (Å²) >= 11 is 0. The molecule has 0 aliphatic carbocycles. The predicted molar refractivity (Wildman–Crippen MR) is 102 cm³/mol. The van der Waals surface area contributed by atoms with Crippen molar-refractivity contribution >= 4 is 5.91 Å². The lowest BCUT2D eigenvalue weighted by atomic mass is 10.1. The normalized spacial score (nSPS) is 16.4. The van der Waals surface area contributed by atoms with Crippen molar-refractivity contribution in [1.29, 1.82) is 0 Å². The van der Waals surface area contributed by atoms with Gasteiger partial charge in [-0.25, -0.2) is 0 Å². The zero-order valence-corrected chi connectivity index (χ0v) is 15.8. The SMILES string of the molecule is COc1ccc(CN2CC(c3noc(-c4ccccc4OC)n3)CC2=O)cc1. The second-order valence-corrected chi connectivity index (χ2v) is 6.68. The molecule has 7 nitrogen and oxygen atoms in total. The minimum absolute atomic E-state index is 0.0852. The van der Waals surface area contributed by atoms with Gasteiger partial charge in [0.25, 0.3) is 5.89 Å². The van der Waals surface area contributed by atoms with Crippen molar-refractivity contribution in [3.63, 3.8) is 0 Å². The highest BCUT2D eigenvalue weighted by Crippen LogP contribution is 2.32. The largest absolute Gasteiger partial charge is 0.497 e. The van der Waals surface area contributed by atoms with E-state index in [0.29, 0.717) is 37.0 Å². The second kappa shape index (κ2) is 7.72. The molecule has 1 amide bonds. The van der Waals surface area contributed by atoms with Crippen LogP contribution in [0.1, 0.15) is 23.7 Å². The molecule has 2 aromatic carbocycles. The maximum atomic E-state index is 12.5. The molecule has 0 bridgehead atoms. The third-order valence-corrected chi connectivity index (χ3v) is 4.89. The molecule has 1 unspecified atom stereocenters. The average Bonchev–Trinajstić information content (AvgIpc) is 3.36. The fourth-order valence-corrected chi connectivity index (χ4v) is 3.38. The molecule has 1 aliphatic heterocycles. The first kappa shape index (κ1) is 18.0. The summed E-state index contributed by atoms with van der Waals surface area (Å²) in [5, 5.41) is 4.11. The second-order valence-electron chi connectivity index (χ2n) is 6.68. The molecule has 1 fully saturated rings. The number of carbonyl (C=O) groups excluding carboxylic acids is 1. The number of carbonyl (C=O) groups is 1. The molecule has 7 heteroatoms. The molecular weight excluding hydrogens is 358 g/mol. The Hall–Kier alpha value is -3.35. The van der Waals surface area contributed by atoms with E-state index in [4.69, 9.17) is 14.0 Å². The molecule has 2 heterocycles. The van der Waals surface area contributed by atoms with Crippen LogP contribution in [0.15, 0.2) is 53.1 Å². The first-order valence-corrected chi connectivity index (χ1v) is 9.05. The maximum Gasteiger partial charge on any atom is 0.261 e. The summed E-state index contributed by atoms with van der Waals surface area (Å²) in [6.45, 7) is 1.12. The highest BCUT2D eigenvalue weighted by molar-refractivity contribution is 5.79. The molecule has 1 atom stereocenters. The standard InChI is InChI=1S/C21H21N3O4/c1-26-16-9-7-14(8-10-16)12-24-13-15(11-19(24)25)20-22-21(28-23-20)17-5-3-4-6-18(17)27-2/h3-10,15H,11-13H2,1-2H3. The zero-order valence-electron chi connectivity index (χ0n) is 15.8. The molecule has 28 heavy (non-hydrogen) atoms. The van der Waals surface area contributed by atoms with Gasteiger partial charge in [0.05, 0.1) is 19.8 Å². The number of aromatic nitrogens is 2. The van der Waals surface area contributed by atoms with Crippen LogP contribution in [0.3, 0.4) is 0 Å². The number of nitrogens with zero attached hydrogens (tertiary/aromatic N) is 3. The number of ether oxygens (including phenoxy) is 2. The van der Waals surface area contributed by atoms with Gasteiger partial charge in [0.15, 0.2) is 5.82 Å². The van der Waals surface area contributed by atoms with Crippen LogP contribution >= 0.6 is 0 Å². The molecule has 0 N–H and O–H groups in total. The summed E-state index contributed by atoms with van der Waals surface area (Å²) in [6, 6.07) is 15.2. The van der Waals surface area contributed by atoms with Crippen LogP contribution < -0.4 is 9.47 Å². The first-order valence-electron chi connectivity index (χ1n) is 9.05. The van der Waals surface area contributed by atoms with Crippen LogP contribution in [0, 0.1) is 0 Å². The van der Waals surface area contributed by atoms with Crippen molar-refractivity contribution < 1.29 is 18.8 Å². The van der Waals surface area contributed by atoms with E-state index < -0.39 is 0 Å². The van der Waals surface area contributed by atoms with Gasteiger partial charge in [0.2, 0.25) is 5.91 Å². The first-order chi connectivity index (χ1) is 13.7. The van der Waals surface area contributed by atoms with Gasteiger partial charge in [0.1, 0.15) is 11.5 Å². The molecular formula is C21H21N3O4. The molecule has 4 rings (SSSR count). The lowest BCUT2D eigenvalue weighted by Gasteiger charge is -2.16. The van der Waals surface area contributed by atoms with Gasteiger partial charge >= 0.3 is 0 Å². The minimum atomic E-state index is -0.0852. The monoisotopic (exact) mass is 379 g/mol. The fraction of sp³-hybridized carbons (Fsp3) is 0.286. The number of para-hydroxylation sites is 1. The van der Waals surface area contributed by atoms with Gasteiger partial charge in [-0.05, 0) is 29.8 Å². The molecule has 144 valence electrons. The maximum absolute atomic E-state index is 12.5. The summed E-state index contributed by atoms with van der Waals surface area (Å²) in [5.74, 6) is 2.41. The molecule has 0 radical (unpaired) electrons. The van der Waals surface area contributed by atoms with E-state index in [1.54, 1.807) is 14.2 Å². The summed E-state index contributed by atoms with van der Waals surface area (Å²) in [6.07, 6.45) is 0.376. The van der Waals surface area contributed by atoms with Crippen molar-refractivity contribution in [1.82, 2.24) is 15.0 Å². The van der Waals surface area contributed by atoms with Gasteiger partial charge in [-0.1, -0.05) is 29.4 Å². The smallest absolute Gasteiger partial charge is 0.261 e. The van der Waals surface area contributed by atoms with E-state index in [1.165, 1.54) is 0 Å². The topological polar surface area (TPSA) is 77.7 Å². The molecule has 1 aromatic heterocycles. The Balaban J connectivity index is 1.47. The van der Waals surface area contributed by atoms with Gasteiger partial charge in [-0.15, -0.1) is 0 Å². The summed E-state index contributed by atoms with van der Waals surface area (Å²) < 4.78 is 16.0. The number of hydrogen-bond acceptors (Lipinski definition) is 6. The fourth-order valence-electron chi connectivity index (χ4n) is 3.38. The Morgan fingerprint density at radius 1 is 1.11 bits per heavy atom. The molecule has 3 aromatic rings. The lowest BCUT2D eigenvalue weighted by molar-refractivity contribution is -0.128. The molecule has 0 saturated carbocycles. The van der Waals surface area contributed by atoms with Gasteiger partial charge in [-0.2, -0.15) is 4.98 Å². The van der Waals surface area contributed by atoms with Crippen LogP contribution in [0.5, 0.6) is 11.5 Å². The summed E-state index contributed by atoms with van der Waals surface area (Å²) in [5.41, 5.74) is 1.79. The van der Waals surface area contributed by atoms with Crippen LogP contribution in [0.2, 0.25) is 0 Å². The van der Waals surface area contributed by atoms with E-state index in [-0.39, 0.29) is 11.8 Å². The molecule has 0 spiro atoms.